The van der Waals surface area contributed by atoms with Crippen LogP contribution in [0.3, 0.4) is 0 Å². The van der Waals surface area contributed by atoms with Gasteiger partial charge in [0.15, 0.2) is 5.69 Å². The highest BCUT2D eigenvalue weighted by molar-refractivity contribution is 6.01. The molecule has 0 radical (unpaired) electrons. The summed E-state index contributed by atoms with van der Waals surface area (Å²) in [7, 11) is 0. The molecule has 1 aliphatic rings. The number of nitrogens with one attached hydrogen (secondary N) is 1. The molecule has 88 valence electrons. The van der Waals surface area contributed by atoms with Gasteiger partial charge in [-0.2, -0.15) is 5.10 Å². The van der Waals surface area contributed by atoms with E-state index in [9.17, 15) is 4.79 Å². The Labute approximate surface area is 98.0 Å². The highest BCUT2D eigenvalue weighted by Crippen LogP contribution is 2.25. The standard InChI is InChI=1S/C12H13N3O2/c16-12(17)11-9-7-8(15-5-1-2-6-15)3-4-10(9)13-14-11/h3-4,7H,1-2,5-6H2,(H,13,14)(H,16,17). The van der Waals surface area contributed by atoms with Crippen molar-refractivity contribution in [1.82, 2.24) is 10.2 Å². The maximum atomic E-state index is 11.0. The number of anilines is 1. The van der Waals surface area contributed by atoms with Gasteiger partial charge in [-0.1, -0.05) is 0 Å². The van der Waals surface area contributed by atoms with Gasteiger partial charge in [0.05, 0.1) is 5.52 Å². The number of carbonyl (C=O) groups is 1. The third kappa shape index (κ3) is 1.63. The molecule has 0 spiro atoms. The summed E-state index contributed by atoms with van der Waals surface area (Å²) in [4.78, 5) is 13.3. The van der Waals surface area contributed by atoms with Crippen LogP contribution in [-0.2, 0) is 0 Å². The minimum absolute atomic E-state index is 0.0982. The van der Waals surface area contributed by atoms with E-state index in [1.807, 2.05) is 18.2 Å². The lowest BCUT2D eigenvalue weighted by atomic mass is 10.2. The molecule has 3 rings (SSSR count). The molecule has 0 aliphatic carbocycles. The van der Waals surface area contributed by atoms with Crippen molar-refractivity contribution in [2.75, 3.05) is 18.0 Å². The Morgan fingerprint density at radius 3 is 2.82 bits per heavy atom. The van der Waals surface area contributed by atoms with Crippen LogP contribution in [-0.4, -0.2) is 34.4 Å². The molecule has 0 amide bonds. The number of hydrogen-bond donors (Lipinski definition) is 2. The van der Waals surface area contributed by atoms with Crippen LogP contribution in [0.25, 0.3) is 10.9 Å². The van der Waals surface area contributed by atoms with Crippen LogP contribution in [0.4, 0.5) is 5.69 Å². The van der Waals surface area contributed by atoms with E-state index in [1.165, 1.54) is 12.8 Å². The molecule has 2 aromatic rings. The van der Waals surface area contributed by atoms with Gasteiger partial charge < -0.3 is 10.0 Å². The third-order valence-corrected chi connectivity index (χ3v) is 3.22. The number of aromatic carboxylic acids is 1. The number of aromatic nitrogens is 2. The van der Waals surface area contributed by atoms with Crippen molar-refractivity contribution in [2.45, 2.75) is 12.8 Å². The Balaban J connectivity index is 2.09. The van der Waals surface area contributed by atoms with E-state index in [4.69, 9.17) is 5.11 Å². The number of aromatic amines is 1. The van der Waals surface area contributed by atoms with Gasteiger partial charge in [-0.25, -0.2) is 4.79 Å². The van der Waals surface area contributed by atoms with Crippen LogP contribution in [0.1, 0.15) is 23.3 Å². The normalized spacial score (nSPS) is 15.6. The van der Waals surface area contributed by atoms with Crippen molar-refractivity contribution >= 4 is 22.6 Å². The van der Waals surface area contributed by atoms with Gasteiger partial charge in [-0.3, -0.25) is 5.10 Å². The summed E-state index contributed by atoms with van der Waals surface area (Å²) >= 11 is 0. The summed E-state index contributed by atoms with van der Waals surface area (Å²) < 4.78 is 0. The van der Waals surface area contributed by atoms with Gasteiger partial charge in [0.2, 0.25) is 0 Å². The fourth-order valence-electron chi connectivity index (χ4n) is 2.34. The van der Waals surface area contributed by atoms with E-state index in [1.54, 1.807) is 0 Å². The van der Waals surface area contributed by atoms with Crippen molar-refractivity contribution in [2.24, 2.45) is 0 Å². The van der Waals surface area contributed by atoms with Gasteiger partial charge >= 0.3 is 5.97 Å². The van der Waals surface area contributed by atoms with E-state index >= 15 is 0 Å². The van der Waals surface area contributed by atoms with E-state index < -0.39 is 5.97 Å². The van der Waals surface area contributed by atoms with E-state index in [0.29, 0.717) is 5.39 Å². The van der Waals surface area contributed by atoms with E-state index in [0.717, 1.165) is 24.3 Å². The van der Waals surface area contributed by atoms with Gasteiger partial charge in [0, 0.05) is 24.2 Å². The van der Waals surface area contributed by atoms with Crippen LogP contribution in [0.5, 0.6) is 0 Å². The highest BCUT2D eigenvalue weighted by Gasteiger charge is 2.16. The first-order valence-corrected chi connectivity index (χ1v) is 5.72. The molecule has 1 saturated heterocycles. The summed E-state index contributed by atoms with van der Waals surface area (Å²) in [5.74, 6) is -0.991. The summed E-state index contributed by atoms with van der Waals surface area (Å²) in [6.07, 6.45) is 2.41. The van der Waals surface area contributed by atoms with Crippen LogP contribution in [0, 0.1) is 0 Å². The Morgan fingerprint density at radius 1 is 1.35 bits per heavy atom. The largest absolute Gasteiger partial charge is 0.476 e. The molecule has 5 nitrogen and oxygen atoms in total. The molecule has 1 aromatic heterocycles. The lowest BCUT2D eigenvalue weighted by Gasteiger charge is -2.17. The predicted molar refractivity (Wildman–Crippen MR) is 64.5 cm³/mol. The Hall–Kier alpha value is -2.04. The zero-order chi connectivity index (χ0) is 11.8. The zero-order valence-corrected chi connectivity index (χ0v) is 9.31. The predicted octanol–water partition coefficient (Wildman–Crippen LogP) is 1.86. The first-order chi connectivity index (χ1) is 8.25. The quantitative estimate of drug-likeness (QED) is 0.827. The molecular formula is C12H13N3O2. The summed E-state index contributed by atoms with van der Waals surface area (Å²) in [5, 5.41) is 16.3. The Bertz CT molecular complexity index is 570. The Kier molecular flexibility index (Phi) is 2.24. The smallest absolute Gasteiger partial charge is 0.357 e. The fourth-order valence-corrected chi connectivity index (χ4v) is 2.34. The number of benzene rings is 1. The lowest BCUT2D eigenvalue weighted by molar-refractivity contribution is 0.0692. The lowest BCUT2D eigenvalue weighted by Crippen LogP contribution is -2.17. The molecule has 17 heavy (non-hydrogen) atoms. The topological polar surface area (TPSA) is 69.2 Å². The van der Waals surface area contributed by atoms with Crippen LogP contribution < -0.4 is 4.90 Å². The number of fused-ring (bicyclic) bond motifs is 1. The third-order valence-electron chi connectivity index (χ3n) is 3.22. The number of H-pyrrole nitrogens is 1. The molecule has 1 fully saturated rings. The highest BCUT2D eigenvalue weighted by atomic mass is 16.4. The summed E-state index contributed by atoms with van der Waals surface area (Å²) in [5.41, 5.74) is 1.95. The van der Waals surface area contributed by atoms with Crippen molar-refractivity contribution in [3.05, 3.63) is 23.9 Å². The van der Waals surface area contributed by atoms with Crippen molar-refractivity contribution in [3.8, 4) is 0 Å². The van der Waals surface area contributed by atoms with Crippen molar-refractivity contribution in [3.63, 3.8) is 0 Å². The first kappa shape index (κ1) is 10.1. The average Bonchev–Trinajstić information content (AvgIpc) is 2.97. The average molecular weight is 231 g/mol. The molecule has 0 unspecified atom stereocenters. The molecule has 0 atom stereocenters. The second kappa shape index (κ2) is 3.76. The number of rotatable bonds is 2. The number of hydrogen-bond acceptors (Lipinski definition) is 3. The van der Waals surface area contributed by atoms with Crippen molar-refractivity contribution in [1.29, 1.82) is 0 Å². The Morgan fingerprint density at radius 2 is 2.12 bits per heavy atom. The second-order valence-corrected chi connectivity index (χ2v) is 4.30. The van der Waals surface area contributed by atoms with Gasteiger partial charge in [-0.15, -0.1) is 0 Å². The maximum absolute atomic E-state index is 11.0. The molecule has 1 aliphatic heterocycles. The summed E-state index contributed by atoms with van der Waals surface area (Å²) in [6.45, 7) is 2.09. The molecule has 2 N–H and O–H groups in total. The number of nitrogens with zero attached hydrogens (tertiary/aromatic N) is 2. The SMILES string of the molecule is O=C(O)c1n[nH]c2ccc(N3CCCC3)cc12. The van der Waals surface area contributed by atoms with Gasteiger partial charge in [0.25, 0.3) is 0 Å². The number of carboxylic acid groups (broad SMARTS) is 1. The van der Waals surface area contributed by atoms with Gasteiger partial charge in [-0.05, 0) is 31.0 Å². The van der Waals surface area contributed by atoms with Crippen LogP contribution in [0.2, 0.25) is 0 Å². The maximum Gasteiger partial charge on any atom is 0.357 e. The molecule has 0 saturated carbocycles. The first-order valence-electron chi connectivity index (χ1n) is 5.72. The van der Waals surface area contributed by atoms with Crippen LogP contribution >= 0.6 is 0 Å². The molecule has 0 bridgehead atoms. The second-order valence-electron chi connectivity index (χ2n) is 4.30. The molecule has 5 heteroatoms. The van der Waals surface area contributed by atoms with E-state index in [-0.39, 0.29) is 5.69 Å². The monoisotopic (exact) mass is 231 g/mol. The minimum atomic E-state index is -0.991. The molecule has 1 aromatic carbocycles. The fraction of sp³-hybridized carbons (Fsp3) is 0.333. The van der Waals surface area contributed by atoms with Crippen LogP contribution in [0.15, 0.2) is 18.2 Å². The molecular weight excluding hydrogens is 218 g/mol. The van der Waals surface area contributed by atoms with Gasteiger partial charge in [0.1, 0.15) is 0 Å². The number of carboxylic acids is 1. The molecule has 2 heterocycles. The zero-order valence-electron chi connectivity index (χ0n) is 9.31. The summed E-state index contributed by atoms with van der Waals surface area (Å²) in [6, 6.07) is 5.81. The van der Waals surface area contributed by atoms with E-state index in [2.05, 4.69) is 15.1 Å². The minimum Gasteiger partial charge on any atom is -0.476 e. The van der Waals surface area contributed by atoms with Crippen molar-refractivity contribution < 1.29 is 9.90 Å².